The summed E-state index contributed by atoms with van der Waals surface area (Å²) in [6.45, 7) is 7.12. The van der Waals surface area contributed by atoms with Crippen molar-refractivity contribution in [2.45, 2.75) is 45.1 Å². The van der Waals surface area contributed by atoms with Crippen molar-refractivity contribution in [2.75, 3.05) is 26.4 Å². The zero-order valence-electron chi connectivity index (χ0n) is 11.0. The van der Waals surface area contributed by atoms with Crippen LogP contribution in [0.3, 0.4) is 0 Å². The molecule has 0 bridgehead atoms. The summed E-state index contributed by atoms with van der Waals surface area (Å²) in [4.78, 5) is 14.2. The molecule has 0 aromatic heterocycles. The molecule has 0 unspecified atom stereocenters. The van der Waals surface area contributed by atoms with E-state index in [1.807, 2.05) is 4.90 Å². The molecule has 98 valence electrons. The average molecular weight is 240 g/mol. The molecule has 0 atom stereocenters. The maximum absolute atomic E-state index is 12.3. The van der Waals surface area contributed by atoms with Crippen LogP contribution in [0, 0.1) is 5.92 Å². The van der Waals surface area contributed by atoms with Gasteiger partial charge in [-0.3, -0.25) is 10.1 Å². The Morgan fingerprint density at radius 1 is 1.41 bits per heavy atom. The zero-order valence-corrected chi connectivity index (χ0v) is 11.0. The van der Waals surface area contributed by atoms with Crippen molar-refractivity contribution in [3.8, 4) is 0 Å². The number of nitrogens with one attached hydrogen (secondary N) is 1. The van der Waals surface area contributed by atoms with Gasteiger partial charge in [0.15, 0.2) is 0 Å². The Morgan fingerprint density at radius 3 is 2.76 bits per heavy atom. The van der Waals surface area contributed by atoms with Gasteiger partial charge in [0.2, 0.25) is 5.91 Å². The molecule has 4 heteroatoms. The maximum atomic E-state index is 12.3. The van der Waals surface area contributed by atoms with Crippen molar-refractivity contribution in [1.29, 1.82) is 0 Å². The molecule has 1 saturated carbocycles. The minimum atomic E-state index is -0.210. The normalized spacial score (nSPS) is 23.2. The predicted molar refractivity (Wildman–Crippen MR) is 66.6 cm³/mol. The van der Waals surface area contributed by atoms with Gasteiger partial charge < -0.3 is 9.64 Å². The molecular formula is C13H24N2O2. The molecule has 2 aliphatic rings. The van der Waals surface area contributed by atoms with E-state index in [0.29, 0.717) is 25.1 Å². The number of carbonyl (C=O) groups is 1. The molecule has 1 amide bonds. The number of amides is 1. The highest BCUT2D eigenvalue weighted by Gasteiger charge is 2.47. The lowest BCUT2D eigenvalue weighted by Crippen LogP contribution is -2.44. The number of ether oxygens (including phenoxy) is 1. The van der Waals surface area contributed by atoms with E-state index >= 15 is 0 Å². The quantitative estimate of drug-likeness (QED) is 0.738. The second kappa shape index (κ2) is 5.36. The molecule has 1 saturated heterocycles. The summed E-state index contributed by atoms with van der Waals surface area (Å²) in [6, 6.07) is 0. The Bertz CT molecular complexity index is 273. The van der Waals surface area contributed by atoms with Gasteiger partial charge in [-0.2, -0.15) is 0 Å². The summed E-state index contributed by atoms with van der Waals surface area (Å²) in [5.74, 6) is 0.853. The van der Waals surface area contributed by atoms with Crippen molar-refractivity contribution >= 4 is 5.91 Å². The summed E-state index contributed by atoms with van der Waals surface area (Å²) in [7, 11) is 0. The first-order chi connectivity index (χ1) is 8.14. The number of nitrogens with zero attached hydrogens (tertiary/aromatic N) is 1. The summed E-state index contributed by atoms with van der Waals surface area (Å²) in [5, 5.41) is 3.40. The lowest BCUT2D eigenvalue weighted by molar-refractivity contribution is -0.132. The molecule has 2 fully saturated rings. The number of rotatable bonds is 5. The highest BCUT2D eigenvalue weighted by Crippen LogP contribution is 2.34. The second-order valence-electron chi connectivity index (χ2n) is 5.66. The minimum Gasteiger partial charge on any atom is -0.379 e. The van der Waals surface area contributed by atoms with E-state index in [1.165, 1.54) is 12.8 Å². The summed E-state index contributed by atoms with van der Waals surface area (Å²) >= 11 is 0. The Labute approximate surface area is 104 Å². The van der Waals surface area contributed by atoms with Crippen LogP contribution in [-0.2, 0) is 9.53 Å². The third-order valence-electron chi connectivity index (χ3n) is 3.72. The van der Waals surface area contributed by atoms with Crippen LogP contribution in [0.4, 0.5) is 0 Å². The molecule has 4 nitrogen and oxygen atoms in total. The SMILES string of the molecule is CC(C)COCCN1CNC2(CCCC2)C1=O. The highest BCUT2D eigenvalue weighted by molar-refractivity contribution is 5.88. The first-order valence-corrected chi connectivity index (χ1v) is 6.76. The molecule has 1 aliphatic carbocycles. The van der Waals surface area contributed by atoms with E-state index in [1.54, 1.807) is 0 Å². The van der Waals surface area contributed by atoms with Crippen molar-refractivity contribution in [2.24, 2.45) is 5.92 Å². The van der Waals surface area contributed by atoms with Crippen LogP contribution in [0.5, 0.6) is 0 Å². The van der Waals surface area contributed by atoms with Gasteiger partial charge >= 0.3 is 0 Å². The Morgan fingerprint density at radius 2 is 2.12 bits per heavy atom. The van der Waals surface area contributed by atoms with E-state index in [4.69, 9.17) is 4.74 Å². The topological polar surface area (TPSA) is 41.6 Å². The summed E-state index contributed by atoms with van der Waals surface area (Å²) < 4.78 is 5.53. The predicted octanol–water partition coefficient (Wildman–Crippen LogP) is 1.36. The fourth-order valence-corrected chi connectivity index (χ4v) is 2.74. The molecule has 1 aliphatic heterocycles. The van der Waals surface area contributed by atoms with Gasteiger partial charge in [0.25, 0.3) is 0 Å². The Balaban J connectivity index is 1.74. The van der Waals surface area contributed by atoms with Crippen LogP contribution in [0.25, 0.3) is 0 Å². The lowest BCUT2D eigenvalue weighted by atomic mass is 9.98. The molecule has 1 heterocycles. The van der Waals surface area contributed by atoms with Crippen LogP contribution in [0.15, 0.2) is 0 Å². The van der Waals surface area contributed by atoms with Gasteiger partial charge in [-0.1, -0.05) is 26.7 Å². The van der Waals surface area contributed by atoms with Gasteiger partial charge in [0.05, 0.1) is 18.8 Å². The molecule has 17 heavy (non-hydrogen) atoms. The minimum absolute atomic E-state index is 0.210. The average Bonchev–Trinajstić information content (AvgIpc) is 2.87. The van der Waals surface area contributed by atoms with Gasteiger partial charge in [0.1, 0.15) is 0 Å². The van der Waals surface area contributed by atoms with E-state index in [-0.39, 0.29) is 5.54 Å². The highest BCUT2D eigenvalue weighted by atomic mass is 16.5. The smallest absolute Gasteiger partial charge is 0.244 e. The molecule has 1 N–H and O–H groups in total. The van der Waals surface area contributed by atoms with Crippen molar-refractivity contribution in [3.63, 3.8) is 0 Å². The monoisotopic (exact) mass is 240 g/mol. The van der Waals surface area contributed by atoms with E-state index in [2.05, 4.69) is 19.2 Å². The van der Waals surface area contributed by atoms with E-state index in [0.717, 1.165) is 26.0 Å². The van der Waals surface area contributed by atoms with Gasteiger partial charge in [-0.05, 0) is 18.8 Å². The fourth-order valence-electron chi connectivity index (χ4n) is 2.74. The molecule has 0 radical (unpaired) electrons. The van der Waals surface area contributed by atoms with Crippen LogP contribution >= 0.6 is 0 Å². The first kappa shape index (κ1) is 12.8. The second-order valence-corrected chi connectivity index (χ2v) is 5.66. The number of carbonyl (C=O) groups excluding carboxylic acids is 1. The number of hydrogen-bond donors (Lipinski definition) is 1. The number of hydrogen-bond acceptors (Lipinski definition) is 3. The fraction of sp³-hybridized carbons (Fsp3) is 0.923. The van der Waals surface area contributed by atoms with E-state index in [9.17, 15) is 4.79 Å². The standard InChI is InChI=1S/C13H24N2O2/c1-11(2)9-17-8-7-15-10-14-13(12(15)16)5-3-4-6-13/h11,14H,3-10H2,1-2H3. The molecule has 1 spiro atoms. The molecule has 0 aromatic rings. The van der Waals surface area contributed by atoms with Gasteiger partial charge in [-0.15, -0.1) is 0 Å². The Kier molecular flexibility index (Phi) is 4.05. The zero-order chi connectivity index (χ0) is 12.3. The summed E-state index contributed by atoms with van der Waals surface area (Å²) in [5.41, 5.74) is -0.210. The van der Waals surface area contributed by atoms with Crippen LogP contribution in [-0.4, -0.2) is 42.8 Å². The van der Waals surface area contributed by atoms with Gasteiger partial charge in [0, 0.05) is 13.2 Å². The third-order valence-corrected chi connectivity index (χ3v) is 3.72. The molecule has 2 rings (SSSR count). The Hall–Kier alpha value is -0.610. The van der Waals surface area contributed by atoms with Crippen molar-refractivity contribution in [1.82, 2.24) is 10.2 Å². The van der Waals surface area contributed by atoms with E-state index < -0.39 is 0 Å². The summed E-state index contributed by atoms with van der Waals surface area (Å²) in [6.07, 6.45) is 4.37. The molecular weight excluding hydrogens is 216 g/mol. The van der Waals surface area contributed by atoms with Crippen molar-refractivity contribution < 1.29 is 9.53 Å². The van der Waals surface area contributed by atoms with Gasteiger partial charge in [-0.25, -0.2) is 0 Å². The van der Waals surface area contributed by atoms with Crippen LogP contribution < -0.4 is 5.32 Å². The third kappa shape index (κ3) is 2.80. The lowest BCUT2D eigenvalue weighted by Gasteiger charge is -2.21. The molecule has 0 aromatic carbocycles. The maximum Gasteiger partial charge on any atom is 0.244 e. The van der Waals surface area contributed by atoms with Crippen LogP contribution in [0.1, 0.15) is 39.5 Å². The largest absolute Gasteiger partial charge is 0.379 e. The first-order valence-electron chi connectivity index (χ1n) is 6.76. The van der Waals surface area contributed by atoms with Crippen LogP contribution in [0.2, 0.25) is 0 Å². The van der Waals surface area contributed by atoms with Crippen molar-refractivity contribution in [3.05, 3.63) is 0 Å².